The van der Waals surface area contributed by atoms with E-state index in [-0.39, 0.29) is 6.67 Å². The van der Waals surface area contributed by atoms with E-state index in [1.807, 2.05) is 0 Å². The van der Waals surface area contributed by atoms with E-state index in [9.17, 15) is 4.39 Å². The van der Waals surface area contributed by atoms with E-state index < -0.39 is 0 Å². The molecule has 29 heavy (non-hydrogen) atoms. The number of allylic oxidation sites excluding steroid dienone is 2. The molecule has 0 atom stereocenters. The van der Waals surface area contributed by atoms with Gasteiger partial charge in [0.05, 0.1) is 13.3 Å². The number of ether oxygens (including phenoxy) is 1. The number of rotatable bonds is 10. The van der Waals surface area contributed by atoms with Crippen molar-refractivity contribution in [1.29, 1.82) is 0 Å². The highest BCUT2D eigenvalue weighted by Crippen LogP contribution is 2.44. The lowest BCUT2D eigenvalue weighted by Crippen LogP contribution is -2.25. The molecular formula is C27H41FO. The summed E-state index contributed by atoms with van der Waals surface area (Å²) in [4.78, 5) is 0. The molecule has 2 fully saturated rings. The van der Waals surface area contributed by atoms with Gasteiger partial charge in [-0.2, -0.15) is 0 Å². The molecule has 1 aromatic rings. The summed E-state index contributed by atoms with van der Waals surface area (Å²) in [7, 11) is 0. The third-order valence-corrected chi connectivity index (χ3v) is 7.31. The van der Waals surface area contributed by atoms with Crippen molar-refractivity contribution in [2.75, 3.05) is 13.3 Å². The van der Waals surface area contributed by atoms with Gasteiger partial charge in [0, 0.05) is 0 Å². The van der Waals surface area contributed by atoms with Crippen molar-refractivity contribution < 1.29 is 9.13 Å². The minimum atomic E-state index is -0.218. The Labute approximate surface area is 178 Å². The van der Waals surface area contributed by atoms with E-state index in [0.717, 1.165) is 36.5 Å². The molecule has 2 heteroatoms. The molecule has 0 amide bonds. The number of halogens is 1. The minimum absolute atomic E-state index is 0.218. The van der Waals surface area contributed by atoms with E-state index in [4.69, 9.17) is 4.74 Å². The van der Waals surface area contributed by atoms with Crippen molar-refractivity contribution in [3.05, 3.63) is 42.0 Å². The molecule has 0 saturated heterocycles. The van der Waals surface area contributed by atoms with E-state index in [1.165, 1.54) is 69.8 Å². The molecule has 0 unspecified atom stereocenters. The summed E-state index contributed by atoms with van der Waals surface area (Å²) >= 11 is 0. The molecule has 3 rings (SSSR count). The summed E-state index contributed by atoms with van der Waals surface area (Å²) in [6.45, 7) is 2.85. The maximum Gasteiger partial charge on any atom is 0.119 e. The van der Waals surface area contributed by atoms with Crippen LogP contribution in [0.4, 0.5) is 4.39 Å². The summed E-state index contributed by atoms with van der Waals surface area (Å²) in [5.41, 5.74) is 1.51. The van der Waals surface area contributed by atoms with Crippen LogP contribution >= 0.6 is 0 Å². The third-order valence-electron chi connectivity index (χ3n) is 7.31. The molecule has 0 radical (unpaired) electrons. The predicted molar refractivity (Wildman–Crippen MR) is 121 cm³/mol. The van der Waals surface area contributed by atoms with Gasteiger partial charge in [-0.1, -0.05) is 44.1 Å². The summed E-state index contributed by atoms with van der Waals surface area (Å²) in [5, 5.41) is 0. The predicted octanol–water partition coefficient (Wildman–Crippen LogP) is 8.25. The average molecular weight is 401 g/mol. The van der Waals surface area contributed by atoms with Crippen LogP contribution in [0.15, 0.2) is 36.4 Å². The third kappa shape index (κ3) is 7.15. The van der Waals surface area contributed by atoms with Crippen LogP contribution in [0, 0.1) is 17.8 Å². The summed E-state index contributed by atoms with van der Waals surface area (Å²) in [6, 6.07) is 8.94. The van der Waals surface area contributed by atoms with Crippen LogP contribution in [0.2, 0.25) is 0 Å². The molecule has 0 aliphatic heterocycles. The van der Waals surface area contributed by atoms with Gasteiger partial charge in [0.25, 0.3) is 0 Å². The van der Waals surface area contributed by atoms with Crippen LogP contribution in [0.3, 0.4) is 0 Å². The average Bonchev–Trinajstić information content (AvgIpc) is 2.78. The Morgan fingerprint density at radius 1 is 0.897 bits per heavy atom. The van der Waals surface area contributed by atoms with Gasteiger partial charge in [-0.3, -0.25) is 4.39 Å². The standard InChI is InChI=1S/C27H41FO/c1-2-3-6-21-29-27-18-16-26(17-19-27)25-14-12-24(13-15-25)23-10-8-22(9-11-23)7-4-5-20-28/h4,7,16-19,22-25H,2-3,5-6,8-15,20-21H2,1H3. The maximum atomic E-state index is 12.2. The molecule has 0 aromatic heterocycles. The van der Waals surface area contributed by atoms with Crippen molar-refractivity contribution in [3.63, 3.8) is 0 Å². The molecule has 0 N–H and O–H groups in total. The molecule has 0 heterocycles. The first-order valence-corrected chi connectivity index (χ1v) is 12.3. The first-order chi connectivity index (χ1) is 14.3. The van der Waals surface area contributed by atoms with Gasteiger partial charge < -0.3 is 4.74 Å². The fourth-order valence-corrected chi connectivity index (χ4v) is 5.46. The van der Waals surface area contributed by atoms with Crippen LogP contribution in [-0.4, -0.2) is 13.3 Å². The lowest BCUT2D eigenvalue weighted by atomic mass is 9.68. The molecule has 1 aromatic carbocycles. The van der Waals surface area contributed by atoms with Gasteiger partial charge >= 0.3 is 0 Å². The molecule has 2 saturated carbocycles. The Morgan fingerprint density at radius 2 is 1.55 bits per heavy atom. The number of benzene rings is 1. The second kappa shape index (κ2) is 12.4. The van der Waals surface area contributed by atoms with Gasteiger partial charge in [-0.25, -0.2) is 0 Å². The molecule has 2 aliphatic rings. The fraction of sp³-hybridized carbons (Fsp3) is 0.704. The molecule has 162 valence electrons. The van der Waals surface area contributed by atoms with Crippen LogP contribution in [-0.2, 0) is 0 Å². The maximum absolute atomic E-state index is 12.2. The Balaban J connectivity index is 1.38. The van der Waals surface area contributed by atoms with Gasteiger partial charge in [0.2, 0.25) is 0 Å². The van der Waals surface area contributed by atoms with Crippen LogP contribution in [0.5, 0.6) is 5.75 Å². The Bertz CT molecular complexity index is 577. The summed E-state index contributed by atoms with van der Waals surface area (Å²) < 4.78 is 18.1. The number of alkyl halides is 1. The first kappa shape index (κ1) is 22.4. The zero-order valence-corrected chi connectivity index (χ0v) is 18.5. The van der Waals surface area contributed by atoms with Gasteiger partial charge in [-0.15, -0.1) is 0 Å². The molecule has 0 spiro atoms. The van der Waals surface area contributed by atoms with Gasteiger partial charge in [0.15, 0.2) is 0 Å². The number of hydrogen-bond acceptors (Lipinski definition) is 1. The Morgan fingerprint density at radius 3 is 2.17 bits per heavy atom. The molecule has 2 aliphatic carbocycles. The van der Waals surface area contributed by atoms with Crippen molar-refractivity contribution in [1.82, 2.24) is 0 Å². The second-order valence-electron chi connectivity index (χ2n) is 9.32. The smallest absolute Gasteiger partial charge is 0.119 e. The summed E-state index contributed by atoms with van der Waals surface area (Å²) in [6.07, 6.45) is 19.4. The molecular weight excluding hydrogens is 359 g/mol. The summed E-state index contributed by atoms with van der Waals surface area (Å²) in [5.74, 6) is 4.33. The minimum Gasteiger partial charge on any atom is -0.494 e. The van der Waals surface area contributed by atoms with E-state index in [0.29, 0.717) is 12.3 Å². The zero-order chi connectivity index (χ0) is 20.3. The molecule has 1 nitrogen and oxygen atoms in total. The lowest BCUT2D eigenvalue weighted by molar-refractivity contribution is 0.171. The van der Waals surface area contributed by atoms with Crippen molar-refractivity contribution in [2.45, 2.75) is 89.9 Å². The first-order valence-electron chi connectivity index (χ1n) is 12.3. The lowest BCUT2D eigenvalue weighted by Gasteiger charge is -2.37. The van der Waals surface area contributed by atoms with Gasteiger partial charge in [0.1, 0.15) is 5.75 Å². The normalized spacial score (nSPS) is 27.9. The zero-order valence-electron chi connectivity index (χ0n) is 18.5. The van der Waals surface area contributed by atoms with Crippen LogP contribution in [0.1, 0.15) is 95.5 Å². The topological polar surface area (TPSA) is 9.23 Å². The Hall–Kier alpha value is -1.31. The number of unbranched alkanes of at least 4 members (excludes halogenated alkanes) is 2. The van der Waals surface area contributed by atoms with E-state index in [1.54, 1.807) is 0 Å². The highest BCUT2D eigenvalue weighted by atomic mass is 19.1. The SMILES string of the molecule is CCCCCOc1ccc(C2CCC(C3CCC(C=CCCF)CC3)CC2)cc1. The monoisotopic (exact) mass is 400 g/mol. The van der Waals surface area contributed by atoms with Crippen molar-refractivity contribution in [2.24, 2.45) is 17.8 Å². The van der Waals surface area contributed by atoms with Crippen LogP contribution < -0.4 is 4.74 Å². The Kier molecular flexibility index (Phi) is 9.57. The van der Waals surface area contributed by atoms with E-state index >= 15 is 0 Å². The highest BCUT2D eigenvalue weighted by molar-refractivity contribution is 5.29. The van der Waals surface area contributed by atoms with E-state index in [2.05, 4.69) is 43.3 Å². The van der Waals surface area contributed by atoms with Gasteiger partial charge in [-0.05, 0) is 106 Å². The molecule has 0 bridgehead atoms. The van der Waals surface area contributed by atoms with Crippen molar-refractivity contribution in [3.8, 4) is 5.75 Å². The quantitative estimate of drug-likeness (QED) is 0.284. The largest absolute Gasteiger partial charge is 0.494 e. The fourth-order valence-electron chi connectivity index (χ4n) is 5.46. The van der Waals surface area contributed by atoms with Crippen molar-refractivity contribution >= 4 is 0 Å². The highest BCUT2D eigenvalue weighted by Gasteiger charge is 2.30. The second-order valence-corrected chi connectivity index (χ2v) is 9.32. The number of hydrogen-bond donors (Lipinski definition) is 0. The van der Waals surface area contributed by atoms with Crippen LogP contribution in [0.25, 0.3) is 0 Å².